The Morgan fingerprint density at radius 3 is 0.956 bits per heavy atom. The Morgan fingerprint density at radius 1 is 0.489 bits per heavy atom. The second kappa shape index (κ2) is 43.1. The Balaban J connectivity index is -0.000000720. The Labute approximate surface area is 289 Å². The van der Waals surface area contributed by atoms with Crippen molar-refractivity contribution < 1.29 is 30.0 Å². The fraction of sp³-hybridized carbons (Fsp3) is 0.842. The normalized spacial score (nSPS) is 12.2. The summed E-state index contributed by atoms with van der Waals surface area (Å²) in [6, 6.07) is 0. The summed E-state index contributed by atoms with van der Waals surface area (Å²) in [5, 5.41) is 38.7. The van der Waals surface area contributed by atoms with Crippen LogP contribution < -0.4 is 10.2 Å². The summed E-state index contributed by atoms with van der Waals surface area (Å²) < 4.78 is 0. The van der Waals surface area contributed by atoms with Crippen molar-refractivity contribution in [2.45, 2.75) is 203 Å². The van der Waals surface area contributed by atoms with Gasteiger partial charge < -0.3 is 30.0 Å². The summed E-state index contributed by atoms with van der Waals surface area (Å²) in [4.78, 5) is 25.2. The first-order valence-electron chi connectivity index (χ1n) is 18.4. The average Bonchev–Trinajstić information content (AvgIpc) is 3.01. The number of carboxylic acids is 2. The minimum absolute atomic E-state index is 0.230. The fourth-order valence-corrected chi connectivity index (χ4v) is 4.70. The number of carboxylic acid groups (broad SMARTS) is 2. The van der Waals surface area contributed by atoms with Crippen LogP contribution in [0.3, 0.4) is 0 Å². The van der Waals surface area contributed by atoms with Crippen LogP contribution in [-0.2, 0) is 9.59 Å². The van der Waals surface area contributed by atoms with Crippen molar-refractivity contribution in [3.8, 4) is 0 Å². The van der Waals surface area contributed by atoms with E-state index in [2.05, 4.69) is 48.0 Å². The van der Waals surface area contributed by atoms with E-state index in [0.29, 0.717) is 12.8 Å². The van der Waals surface area contributed by atoms with Gasteiger partial charge in [0.2, 0.25) is 0 Å². The molecule has 2 N–H and O–H groups in total. The molecule has 45 heavy (non-hydrogen) atoms. The molecule has 0 amide bonds. The maximum atomic E-state index is 10.3. The van der Waals surface area contributed by atoms with Crippen LogP contribution in [0.2, 0.25) is 9.88 Å². The molecule has 0 aliphatic carbocycles. The molecule has 264 valence electrons. The SMILES string of the molecule is CCCCCCCC/C=C\CCCCCCC(O)C(=O)[O-].CCCCCCCC/C=C\CCCCCCC(O)C(=O)[O-].[CH3][Sn+2][CH3]. The number of hydrogen-bond acceptors (Lipinski definition) is 6. The molecule has 0 radical (unpaired) electrons. The summed E-state index contributed by atoms with van der Waals surface area (Å²) >= 11 is 0.230. The molecule has 6 nitrogen and oxygen atoms in total. The van der Waals surface area contributed by atoms with Gasteiger partial charge in [-0.3, -0.25) is 0 Å². The number of carbonyl (C=O) groups excluding carboxylic acids is 2. The summed E-state index contributed by atoms with van der Waals surface area (Å²) in [6.07, 6.45) is 36.0. The third-order valence-corrected chi connectivity index (χ3v) is 7.52. The Hall–Kier alpha value is -0.861. The topological polar surface area (TPSA) is 121 Å². The number of aliphatic carboxylic acids is 2. The van der Waals surface area contributed by atoms with Gasteiger partial charge in [-0.15, -0.1) is 0 Å². The van der Waals surface area contributed by atoms with E-state index >= 15 is 0 Å². The van der Waals surface area contributed by atoms with Crippen molar-refractivity contribution in [3.05, 3.63) is 24.3 Å². The number of allylic oxidation sites excluding steroid dienone is 4. The number of carbonyl (C=O) groups is 2. The van der Waals surface area contributed by atoms with Gasteiger partial charge in [-0.1, -0.05) is 141 Å². The van der Waals surface area contributed by atoms with Gasteiger partial charge in [-0.05, 0) is 64.2 Å². The average molecular weight is 744 g/mol. The molecule has 0 aliphatic rings. The zero-order valence-electron chi connectivity index (χ0n) is 29.9. The van der Waals surface area contributed by atoms with E-state index in [0.717, 1.165) is 64.2 Å². The molecular formula is C38H72O6Sn. The molecule has 0 aromatic heterocycles. The van der Waals surface area contributed by atoms with Crippen LogP contribution >= 0.6 is 0 Å². The van der Waals surface area contributed by atoms with Crippen molar-refractivity contribution in [1.82, 2.24) is 0 Å². The van der Waals surface area contributed by atoms with Gasteiger partial charge in [0.1, 0.15) is 0 Å². The summed E-state index contributed by atoms with van der Waals surface area (Å²) in [7, 11) is 0. The predicted octanol–water partition coefficient (Wildman–Crippen LogP) is 8.28. The molecule has 0 rings (SSSR count). The first kappa shape index (κ1) is 48.5. The molecule has 0 heterocycles. The van der Waals surface area contributed by atoms with Crippen molar-refractivity contribution in [2.75, 3.05) is 0 Å². The molecule has 0 aromatic rings. The van der Waals surface area contributed by atoms with Crippen LogP contribution in [0.15, 0.2) is 24.3 Å². The van der Waals surface area contributed by atoms with Gasteiger partial charge >= 0.3 is 31.0 Å². The van der Waals surface area contributed by atoms with Crippen LogP contribution in [-0.4, -0.2) is 55.5 Å². The molecule has 0 saturated heterocycles. The van der Waals surface area contributed by atoms with Gasteiger partial charge in [0, 0.05) is 0 Å². The first-order valence-corrected chi connectivity index (χ1v) is 24.1. The van der Waals surface area contributed by atoms with Crippen LogP contribution in [0, 0.1) is 0 Å². The molecule has 0 aliphatic heterocycles. The summed E-state index contributed by atoms with van der Waals surface area (Å²) in [5.41, 5.74) is 0. The van der Waals surface area contributed by atoms with E-state index in [1.54, 1.807) is 0 Å². The molecule has 0 fully saturated rings. The maximum absolute atomic E-state index is 10.3. The van der Waals surface area contributed by atoms with E-state index in [1.807, 2.05) is 0 Å². The molecule has 0 saturated carbocycles. The first-order chi connectivity index (χ1) is 21.8. The molecule has 0 bridgehead atoms. The number of aliphatic hydroxyl groups is 2. The monoisotopic (exact) mass is 744 g/mol. The van der Waals surface area contributed by atoms with Crippen LogP contribution in [0.4, 0.5) is 0 Å². The molecule has 2 atom stereocenters. The standard InChI is InChI=1S/2C18H34O3.2CH3.Sn/c2*1-2-3-4-5-6-7-8-9-10-11-12-13-14-15-16-17(19)18(20)21;;;/h2*9-10,17,19H,2-8,11-16H2,1H3,(H,20,21);2*1H3;/q;;;;+2/p-2/b2*10-9-;;;. The van der Waals surface area contributed by atoms with Crippen LogP contribution in [0.1, 0.15) is 181 Å². The fourth-order valence-electron chi connectivity index (χ4n) is 4.70. The number of hydrogen-bond donors (Lipinski definition) is 2. The van der Waals surface area contributed by atoms with Gasteiger partial charge in [0.15, 0.2) is 0 Å². The Kier molecular flexibility index (Phi) is 46.5. The zero-order chi connectivity index (χ0) is 34.2. The van der Waals surface area contributed by atoms with Crippen molar-refractivity contribution in [3.63, 3.8) is 0 Å². The summed E-state index contributed by atoms with van der Waals surface area (Å²) in [6.45, 7) is 4.49. The molecular weight excluding hydrogens is 671 g/mol. The van der Waals surface area contributed by atoms with E-state index in [1.165, 1.54) is 89.9 Å². The van der Waals surface area contributed by atoms with Gasteiger partial charge in [-0.2, -0.15) is 0 Å². The predicted molar refractivity (Wildman–Crippen MR) is 189 cm³/mol. The molecule has 7 heteroatoms. The molecule has 2 unspecified atom stereocenters. The van der Waals surface area contributed by atoms with Gasteiger partial charge in [-0.25, -0.2) is 0 Å². The summed E-state index contributed by atoms with van der Waals surface area (Å²) in [5.74, 6) is -2.71. The van der Waals surface area contributed by atoms with E-state index in [9.17, 15) is 19.8 Å². The minimum atomic E-state index is -1.35. The third-order valence-electron chi connectivity index (χ3n) is 7.52. The quantitative estimate of drug-likeness (QED) is 0.0434. The second-order valence-electron chi connectivity index (χ2n) is 12.2. The van der Waals surface area contributed by atoms with Crippen LogP contribution in [0.5, 0.6) is 0 Å². The van der Waals surface area contributed by atoms with Crippen molar-refractivity contribution in [2.24, 2.45) is 0 Å². The van der Waals surface area contributed by atoms with Crippen LogP contribution in [0.25, 0.3) is 0 Å². The molecule has 0 spiro atoms. The third kappa shape index (κ3) is 47.7. The van der Waals surface area contributed by atoms with E-state index in [-0.39, 0.29) is 21.1 Å². The Morgan fingerprint density at radius 2 is 0.711 bits per heavy atom. The Bertz CT molecular complexity index is 598. The zero-order valence-corrected chi connectivity index (χ0v) is 32.7. The van der Waals surface area contributed by atoms with E-state index < -0.39 is 24.1 Å². The number of unbranched alkanes of at least 4 members (excludes halogenated alkanes) is 20. The van der Waals surface area contributed by atoms with Crippen molar-refractivity contribution in [1.29, 1.82) is 0 Å². The molecule has 0 aromatic carbocycles. The number of aliphatic hydroxyl groups excluding tert-OH is 2. The van der Waals surface area contributed by atoms with Crippen molar-refractivity contribution >= 4 is 33.1 Å². The number of rotatable bonds is 30. The van der Waals surface area contributed by atoms with Gasteiger partial charge in [0.25, 0.3) is 0 Å². The van der Waals surface area contributed by atoms with Gasteiger partial charge in [0.05, 0.1) is 24.1 Å². The van der Waals surface area contributed by atoms with E-state index in [4.69, 9.17) is 10.2 Å². The second-order valence-corrected chi connectivity index (χ2v) is 15.1.